The van der Waals surface area contributed by atoms with Crippen LogP contribution in [0.3, 0.4) is 0 Å². The molecule has 0 saturated carbocycles. The molecule has 0 amide bonds. The van der Waals surface area contributed by atoms with Gasteiger partial charge in [-0.25, -0.2) is 9.79 Å². The second-order valence-corrected chi connectivity index (χ2v) is 5.66. The zero-order chi connectivity index (χ0) is 17.3. The Morgan fingerprint density at radius 3 is 2.67 bits per heavy atom. The number of nitrogens with zero attached hydrogens (tertiary/aromatic N) is 2. The summed E-state index contributed by atoms with van der Waals surface area (Å²) in [6, 6.07) is 10.7. The maximum Gasteiger partial charge on any atom is 0.363 e. The molecule has 0 spiro atoms. The number of hydrogen-bond acceptors (Lipinski definition) is 5. The summed E-state index contributed by atoms with van der Waals surface area (Å²) >= 11 is 11.9. The first-order chi connectivity index (χ1) is 11.4. The fourth-order valence-corrected chi connectivity index (χ4v) is 2.47. The van der Waals surface area contributed by atoms with E-state index in [1.165, 1.54) is 24.3 Å². The molecule has 0 saturated heterocycles. The van der Waals surface area contributed by atoms with E-state index in [-0.39, 0.29) is 27.9 Å². The second kappa shape index (κ2) is 6.43. The van der Waals surface area contributed by atoms with E-state index in [0.717, 1.165) is 0 Å². The van der Waals surface area contributed by atoms with E-state index in [2.05, 4.69) is 4.99 Å². The number of esters is 1. The zero-order valence-electron chi connectivity index (χ0n) is 11.9. The summed E-state index contributed by atoms with van der Waals surface area (Å²) in [5.74, 6) is -0.755. The van der Waals surface area contributed by atoms with Crippen LogP contribution in [0.1, 0.15) is 11.1 Å². The van der Waals surface area contributed by atoms with E-state index in [1.54, 1.807) is 24.3 Å². The van der Waals surface area contributed by atoms with Crippen molar-refractivity contribution in [2.75, 3.05) is 0 Å². The lowest BCUT2D eigenvalue weighted by atomic mass is 10.2. The Balaban J connectivity index is 2.01. The molecule has 24 heavy (non-hydrogen) atoms. The Labute approximate surface area is 146 Å². The minimum Gasteiger partial charge on any atom is -0.402 e. The van der Waals surface area contributed by atoms with Crippen molar-refractivity contribution in [1.82, 2.24) is 0 Å². The van der Waals surface area contributed by atoms with Crippen molar-refractivity contribution >= 4 is 46.8 Å². The van der Waals surface area contributed by atoms with Gasteiger partial charge in [0.25, 0.3) is 5.69 Å². The van der Waals surface area contributed by atoms with Crippen LogP contribution in [-0.4, -0.2) is 16.8 Å². The lowest BCUT2D eigenvalue weighted by molar-refractivity contribution is -0.384. The molecule has 1 aliphatic rings. The number of non-ortho nitro benzene ring substituents is 1. The fraction of sp³-hybridized carbons (Fsp3) is 0. The lowest BCUT2D eigenvalue weighted by Crippen LogP contribution is -2.06. The molecule has 0 unspecified atom stereocenters. The first-order valence-electron chi connectivity index (χ1n) is 6.66. The van der Waals surface area contributed by atoms with Gasteiger partial charge in [0.1, 0.15) is 0 Å². The number of nitro benzene ring substituents is 1. The first-order valence-corrected chi connectivity index (χ1v) is 7.42. The second-order valence-electron chi connectivity index (χ2n) is 4.81. The summed E-state index contributed by atoms with van der Waals surface area (Å²) in [5.41, 5.74) is 0.716. The molecule has 1 aliphatic heterocycles. The molecular formula is C16H8Cl2N2O4. The molecule has 8 heteroatoms. The third-order valence-electron chi connectivity index (χ3n) is 3.16. The van der Waals surface area contributed by atoms with Crippen LogP contribution in [0.5, 0.6) is 0 Å². The topological polar surface area (TPSA) is 81.8 Å². The predicted molar refractivity (Wildman–Crippen MR) is 90.2 cm³/mol. The normalized spacial score (nSPS) is 15.3. The number of halogens is 2. The molecule has 0 atom stereocenters. The Morgan fingerprint density at radius 2 is 1.96 bits per heavy atom. The van der Waals surface area contributed by atoms with Crippen LogP contribution >= 0.6 is 23.2 Å². The van der Waals surface area contributed by atoms with E-state index < -0.39 is 10.9 Å². The van der Waals surface area contributed by atoms with Crippen molar-refractivity contribution in [2.24, 2.45) is 4.99 Å². The van der Waals surface area contributed by atoms with Crippen LogP contribution in [0.25, 0.3) is 6.08 Å². The van der Waals surface area contributed by atoms with E-state index in [4.69, 9.17) is 27.9 Å². The molecule has 1 heterocycles. The van der Waals surface area contributed by atoms with Gasteiger partial charge in [0, 0.05) is 17.2 Å². The molecule has 0 aliphatic carbocycles. The van der Waals surface area contributed by atoms with Crippen LogP contribution < -0.4 is 0 Å². The number of nitro groups is 1. The van der Waals surface area contributed by atoms with Gasteiger partial charge in [0.15, 0.2) is 5.70 Å². The highest BCUT2D eigenvalue weighted by molar-refractivity contribution is 6.34. The number of rotatable bonds is 3. The third kappa shape index (κ3) is 3.29. The van der Waals surface area contributed by atoms with Crippen molar-refractivity contribution in [3.8, 4) is 0 Å². The molecule has 0 N–H and O–H groups in total. The Hall–Kier alpha value is -2.70. The summed E-state index contributed by atoms with van der Waals surface area (Å²) < 4.78 is 5.08. The highest BCUT2D eigenvalue weighted by atomic mass is 35.5. The minimum absolute atomic E-state index is 0.0508. The van der Waals surface area contributed by atoms with Crippen LogP contribution in [0.15, 0.2) is 53.2 Å². The average Bonchev–Trinajstić information content (AvgIpc) is 2.88. The smallest absolute Gasteiger partial charge is 0.363 e. The lowest BCUT2D eigenvalue weighted by Gasteiger charge is -2.02. The van der Waals surface area contributed by atoms with Crippen LogP contribution in [-0.2, 0) is 9.53 Å². The van der Waals surface area contributed by atoms with Gasteiger partial charge in [-0.05, 0) is 29.8 Å². The number of ether oxygens (including phenoxy) is 1. The van der Waals surface area contributed by atoms with Crippen LogP contribution in [0.4, 0.5) is 5.69 Å². The summed E-state index contributed by atoms with van der Waals surface area (Å²) in [7, 11) is 0. The summed E-state index contributed by atoms with van der Waals surface area (Å²) in [5, 5.41) is 11.6. The van der Waals surface area contributed by atoms with Gasteiger partial charge in [-0.2, -0.15) is 0 Å². The van der Waals surface area contributed by atoms with Crippen molar-refractivity contribution in [3.63, 3.8) is 0 Å². The molecule has 3 rings (SSSR count). The highest BCUT2D eigenvalue weighted by Gasteiger charge is 2.27. The summed E-state index contributed by atoms with van der Waals surface area (Å²) in [4.78, 5) is 26.3. The highest BCUT2D eigenvalue weighted by Crippen LogP contribution is 2.27. The first kappa shape index (κ1) is 16.2. The van der Waals surface area contributed by atoms with E-state index >= 15 is 0 Å². The van der Waals surface area contributed by atoms with Gasteiger partial charge in [-0.15, -0.1) is 0 Å². The fourth-order valence-electron chi connectivity index (χ4n) is 2.07. The van der Waals surface area contributed by atoms with E-state index in [0.29, 0.717) is 10.6 Å². The van der Waals surface area contributed by atoms with Gasteiger partial charge in [-0.1, -0.05) is 35.3 Å². The largest absolute Gasteiger partial charge is 0.402 e. The molecule has 6 nitrogen and oxygen atoms in total. The molecule has 2 aromatic rings. The molecule has 0 fully saturated rings. The van der Waals surface area contributed by atoms with Gasteiger partial charge in [0.2, 0.25) is 5.90 Å². The van der Waals surface area contributed by atoms with Gasteiger partial charge in [-0.3, -0.25) is 10.1 Å². The molecular weight excluding hydrogens is 355 g/mol. The number of aliphatic imine (C=N–C) groups is 1. The number of hydrogen-bond donors (Lipinski definition) is 0. The van der Waals surface area contributed by atoms with Crippen molar-refractivity contribution in [3.05, 3.63) is 79.4 Å². The molecule has 0 radical (unpaired) electrons. The van der Waals surface area contributed by atoms with Gasteiger partial charge < -0.3 is 4.74 Å². The number of carbonyl (C=O) groups is 1. The Bertz CT molecular complexity index is 922. The van der Waals surface area contributed by atoms with Crippen LogP contribution in [0.2, 0.25) is 10.0 Å². The maximum atomic E-state index is 12.0. The van der Waals surface area contributed by atoms with Crippen LogP contribution in [0, 0.1) is 10.1 Å². The van der Waals surface area contributed by atoms with Crippen molar-refractivity contribution < 1.29 is 14.5 Å². The van der Waals surface area contributed by atoms with Crippen molar-refractivity contribution in [1.29, 1.82) is 0 Å². The molecule has 120 valence electrons. The standard InChI is InChI=1S/C16H8Cl2N2O4/c17-10-3-1-2-9(6-10)7-14-16(21)24-15(19-14)12-8-11(20(22)23)4-5-13(12)18/h1-8H/b14-7+. The molecule has 0 bridgehead atoms. The number of cyclic esters (lactones) is 1. The minimum atomic E-state index is -0.674. The summed E-state index contributed by atoms with van der Waals surface area (Å²) in [6.07, 6.45) is 1.51. The van der Waals surface area contributed by atoms with E-state index in [1.807, 2.05) is 0 Å². The number of benzene rings is 2. The van der Waals surface area contributed by atoms with Gasteiger partial charge >= 0.3 is 5.97 Å². The number of carbonyl (C=O) groups excluding carboxylic acids is 1. The van der Waals surface area contributed by atoms with E-state index in [9.17, 15) is 14.9 Å². The monoisotopic (exact) mass is 362 g/mol. The van der Waals surface area contributed by atoms with Crippen molar-refractivity contribution in [2.45, 2.75) is 0 Å². The zero-order valence-corrected chi connectivity index (χ0v) is 13.4. The Kier molecular flexibility index (Phi) is 4.33. The average molecular weight is 363 g/mol. The quantitative estimate of drug-likeness (QED) is 0.353. The Morgan fingerprint density at radius 1 is 1.17 bits per heavy atom. The summed E-state index contributed by atoms with van der Waals surface area (Å²) in [6.45, 7) is 0. The van der Waals surface area contributed by atoms with Gasteiger partial charge in [0.05, 0.1) is 15.5 Å². The maximum absolute atomic E-state index is 12.0. The molecule has 2 aromatic carbocycles. The SMILES string of the molecule is O=C1OC(c2cc([N+](=O)[O-])ccc2Cl)=N/C1=C/c1cccc(Cl)c1. The predicted octanol–water partition coefficient (Wildman–Crippen LogP) is 4.25. The third-order valence-corrected chi connectivity index (χ3v) is 3.73. The molecule has 0 aromatic heterocycles.